The van der Waals surface area contributed by atoms with Crippen LogP contribution in [0.1, 0.15) is 92.4 Å². The van der Waals surface area contributed by atoms with Crippen LogP contribution in [-0.2, 0) is 28.4 Å². The van der Waals surface area contributed by atoms with Crippen molar-refractivity contribution in [3.63, 3.8) is 0 Å². The highest BCUT2D eigenvalue weighted by Gasteiger charge is 2.80. The monoisotopic (exact) mass is 670 g/mol. The quantitative estimate of drug-likeness (QED) is 0.217. The first kappa shape index (κ1) is 36.1. The summed E-state index contributed by atoms with van der Waals surface area (Å²) >= 11 is 0. The fourth-order valence-electron chi connectivity index (χ4n) is 10.7. The Balaban J connectivity index is 1.13. The van der Waals surface area contributed by atoms with Gasteiger partial charge in [-0.1, -0.05) is 25.5 Å². The predicted molar refractivity (Wildman–Crippen MR) is 168 cm³/mol. The smallest absolute Gasteiger partial charge is 0.161 e. The maximum Gasteiger partial charge on any atom is 0.161 e. The molecule has 2 aliphatic heterocycles. The molecule has 0 aromatic heterocycles. The summed E-state index contributed by atoms with van der Waals surface area (Å²) in [6, 6.07) is 0. The van der Waals surface area contributed by atoms with Crippen molar-refractivity contribution >= 4 is 0 Å². The molecule has 6 aliphatic rings. The molecule has 0 amide bonds. The zero-order valence-corrected chi connectivity index (χ0v) is 29.0. The van der Waals surface area contributed by atoms with Crippen LogP contribution >= 0.6 is 0 Å². The van der Waals surface area contributed by atoms with Crippen molar-refractivity contribution in [2.75, 3.05) is 14.2 Å². The lowest BCUT2D eigenvalue weighted by atomic mass is 9.42. The van der Waals surface area contributed by atoms with E-state index in [0.29, 0.717) is 32.1 Å². The molecule has 12 nitrogen and oxygen atoms in total. The minimum Gasteiger partial charge on any atom is -0.392 e. The summed E-state index contributed by atoms with van der Waals surface area (Å²) in [4.78, 5) is 0. The molecule has 3 saturated carbocycles. The highest BCUT2D eigenvalue weighted by Crippen LogP contribution is 2.70. The van der Waals surface area contributed by atoms with E-state index in [4.69, 9.17) is 28.4 Å². The van der Waals surface area contributed by atoms with Gasteiger partial charge in [-0.3, -0.25) is 0 Å². The van der Waals surface area contributed by atoms with E-state index < -0.39 is 82.8 Å². The van der Waals surface area contributed by atoms with Crippen LogP contribution in [0.15, 0.2) is 11.6 Å². The van der Waals surface area contributed by atoms with Crippen molar-refractivity contribution < 1.29 is 59.1 Å². The molecular weight excluding hydrogens is 612 g/mol. The second kappa shape index (κ2) is 12.5. The van der Waals surface area contributed by atoms with Gasteiger partial charge in [-0.15, -0.1) is 0 Å². The first-order valence-electron chi connectivity index (χ1n) is 17.6. The van der Waals surface area contributed by atoms with E-state index in [1.54, 1.807) is 28.1 Å². The fourth-order valence-corrected chi connectivity index (χ4v) is 10.7. The standard InChI is InChI=1S/C35H58O12/c1-18-29(38)23(42-6)15-28(44-18)47-30-19(2)45-27(16-24(30)43-7)46-22-9-10-31(4)21(14-22)8-11-34(40)25(31)17-26(37)32(5)33(39,20(3)36)12-13-35(32,34)41/h8,18-20,22-30,36-41H,9-17H2,1-7H3/t18-,19-,20+,22+,23+,24+,25-,26-,27+,28+,29-,30-,31+,32-,33-,34+,35-/m1/s1. The molecule has 17 atom stereocenters. The topological polar surface area (TPSA) is 177 Å². The third-order valence-electron chi connectivity index (χ3n) is 13.9. The van der Waals surface area contributed by atoms with E-state index in [9.17, 15) is 30.6 Å². The Kier molecular flexibility index (Phi) is 9.58. The number of hydrogen-bond donors (Lipinski definition) is 6. The highest BCUT2D eigenvalue weighted by atomic mass is 16.7. The van der Waals surface area contributed by atoms with Crippen LogP contribution in [0.4, 0.5) is 0 Å². The number of methoxy groups -OCH3 is 2. The van der Waals surface area contributed by atoms with E-state index in [1.807, 2.05) is 13.0 Å². The van der Waals surface area contributed by atoms with Gasteiger partial charge in [0.25, 0.3) is 0 Å². The average molecular weight is 671 g/mol. The lowest BCUT2D eigenvalue weighted by molar-refractivity contribution is -0.327. The van der Waals surface area contributed by atoms with Crippen LogP contribution in [0.3, 0.4) is 0 Å². The summed E-state index contributed by atoms with van der Waals surface area (Å²) in [7, 11) is 3.21. The van der Waals surface area contributed by atoms with Crippen molar-refractivity contribution in [1.82, 2.24) is 0 Å². The second-order valence-electron chi connectivity index (χ2n) is 15.9. The third kappa shape index (κ3) is 5.23. The minimum atomic E-state index is -1.78. The van der Waals surface area contributed by atoms with Crippen molar-refractivity contribution in [1.29, 1.82) is 0 Å². The average Bonchev–Trinajstić information content (AvgIpc) is 3.26. The molecule has 2 saturated heterocycles. The molecule has 47 heavy (non-hydrogen) atoms. The van der Waals surface area contributed by atoms with Crippen molar-refractivity contribution in [2.45, 2.75) is 177 Å². The Morgan fingerprint density at radius 2 is 1.51 bits per heavy atom. The van der Waals surface area contributed by atoms with Gasteiger partial charge >= 0.3 is 0 Å². The predicted octanol–water partition coefficient (Wildman–Crippen LogP) is 1.69. The molecular formula is C35H58O12. The van der Waals surface area contributed by atoms with Gasteiger partial charge in [-0.05, 0) is 71.1 Å². The number of hydrogen-bond acceptors (Lipinski definition) is 12. The normalized spacial score (nSPS) is 55.4. The summed E-state index contributed by atoms with van der Waals surface area (Å²) in [5, 5.41) is 68.8. The van der Waals surface area contributed by atoms with Crippen LogP contribution in [0.25, 0.3) is 0 Å². The molecule has 0 aromatic carbocycles. The fraction of sp³-hybridized carbons (Fsp3) is 0.943. The maximum absolute atomic E-state index is 12.4. The van der Waals surface area contributed by atoms with Crippen molar-refractivity contribution in [3.8, 4) is 0 Å². The largest absolute Gasteiger partial charge is 0.392 e. The van der Waals surface area contributed by atoms with Gasteiger partial charge in [-0.2, -0.15) is 0 Å². The molecule has 6 rings (SSSR count). The van der Waals surface area contributed by atoms with E-state index in [1.165, 1.54) is 6.92 Å². The lowest BCUT2D eigenvalue weighted by Crippen LogP contribution is -2.78. The lowest BCUT2D eigenvalue weighted by Gasteiger charge is -2.67. The van der Waals surface area contributed by atoms with Crippen LogP contribution in [0.5, 0.6) is 0 Å². The van der Waals surface area contributed by atoms with Crippen molar-refractivity contribution in [3.05, 3.63) is 11.6 Å². The molecule has 2 heterocycles. The number of fused-ring (bicyclic) bond motifs is 5. The zero-order valence-electron chi connectivity index (χ0n) is 29.0. The summed E-state index contributed by atoms with van der Waals surface area (Å²) in [5.41, 5.74) is -5.93. The second-order valence-corrected chi connectivity index (χ2v) is 15.9. The zero-order chi connectivity index (χ0) is 34.3. The highest BCUT2D eigenvalue weighted by molar-refractivity contribution is 5.36. The molecule has 0 bridgehead atoms. The summed E-state index contributed by atoms with van der Waals surface area (Å²) in [6.45, 7) is 8.94. The number of aliphatic hydroxyl groups is 6. The van der Waals surface area contributed by atoms with E-state index in [2.05, 4.69) is 6.92 Å². The molecule has 0 radical (unpaired) electrons. The SMILES string of the molecule is CO[C@H]1C[C@H](O[C@H]2[C@@H](OC)C[C@H](O[C@H]3CC[C@@]4(C)C(=CC[C@]5(O)[C@@H]4C[C@@H](O)[C@@]4(C)[C@]5(O)CC[C@@]4(O)[C@H](C)O)C3)O[C@@H]2C)O[C@H](C)[C@H]1O. The number of rotatable bonds is 7. The van der Waals surface area contributed by atoms with Gasteiger partial charge in [-0.25, -0.2) is 0 Å². The maximum atomic E-state index is 12.4. The van der Waals surface area contributed by atoms with Gasteiger partial charge in [0.2, 0.25) is 0 Å². The Morgan fingerprint density at radius 1 is 0.872 bits per heavy atom. The van der Waals surface area contributed by atoms with E-state index in [-0.39, 0.29) is 44.0 Å². The number of ether oxygens (including phenoxy) is 6. The molecule has 4 aliphatic carbocycles. The van der Waals surface area contributed by atoms with Crippen molar-refractivity contribution in [2.24, 2.45) is 16.7 Å². The summed E-state index contributed by atoms with van der Waals surface area (Å²) in [5.74, 6) is -0.439. The van der Waals surface area contributed by atoms with Gasteiger partial charge < -0.3 is 59.1 Å². The van der Waals surface area contributed by atoms with E-state index in [0.717, 1.165) is 5.57 Å². The summed E-state index contributed by atoms with van der Waals surface area (Å²) in [6.07, 6.45) is -0.673. The number of aliphatic hydroxyl groups excluding tert-OH is 3. The van der Waals surface area contributed by atoms with Crippen LogP contribution < -0.4 is 0 Å². The minimum absolute atomic E-state index is 0.0866. The van der Waals surface area contributed by atoms with Crippen LogP contribution in [-0.4, -0.2) is 129 Å². The van der Waals surface area contributed by atoms with Gasteiger partial charge in [0.05, 0.1) is 48.1 Å². The van der Waals surface area contributed by atoms with Crippen LogP contribution in [0, 0.1) is 16.7 Å². The van der Waals surface area contributed by atoms with Gasteiger partial charge in [0.1, 0.15) is 29.0 Å². The first-order chi connectivity index (χ1) is 22.0. The Bertz CT molecular complexity index is 1180. The van der Waals surface area contributed by atoms with Crippen LogP contribution in [0.2, 0.25) is 0 Å². The summed E-state index contributed by atoms with van der Waals surface area (Å²) < 4.78 is 36.5. The Hall–Kier alpha value is -0.740. The third-order valence-corrected chi connectivity index (χ3v) is 13.9. The first-order valence-corrected chi connectivity index (χ1v) is 17.6. The van der Waals surface area contributed by atoms with E-state index >= 15 is 0 Å². The van der Waals surface area contributed by atoms with Gasteiger partial charge in [0.15, 0.2) is 12.6 Å². The molecule has 0 aromatic rings. The molecule has 12 heteroatoms. The molecule has 5 fully saturated rings. The molecule has 0 unspecified atom stereocenters. The molecule has 0 spiro atoms. The molecule has 270 valence electrons. The van der Waals surface area contributed by atoms with Gasteiger partial charge in [0, 0.05) is 33.0 Å². The Labute approximate surface area is 278 Å². The Morgan fingerprint density at radius 3 is 2.17 bits per heavy atom. The molecule has 6 N–H and O–H groups in total.